The molecule has 0 spiro atoms. The highest BCUT2D eigenvalue weighted by Gasteiger charge is 2.39. The Balaban J connectivity index is 0.000000301. The Bertz CT molecular complexity index is 990. The number of rotatable bonds is 4. The Labute approximate surface area is 217 Å². The fourth-order valence-corrected chi connectivity index (χ4v) is 4.50. The lowest BCUT2D eigenvalue weighted by molar-refractivity contribution is -0.193. The highest BCUT2D eigenvalue weighted by Crippen LogP contribution is 2.26. The predicted octanol–water partition coefficient (Wildman–Crippen LogP) is 4.18. The number of halogens is 6. The van der Waals surface area contributed by atoms with Crippen molar-refractivity contribution in [2.75, 3.05) is 26.2 Å². The molecule has 214 valence electrons. The van der Waals surface area contributed by atoms with Crippen LogP contribution in [0.2, 0.25) is 0 Å². The molecule has 2 saturated heterocycles. The van der Waals surface area contributed by atoms with Gasteiger partial charge in [0.1, 0.15) is 0 Å². The quantitative estimate of drug-likeness (QED) is 0.518. The molecule has 0 saturated carbocycles. The highest BCUT2D eigenvalue weighted by atomic mass is 32.1. The van der Waals surface area contributed by atoms with Crippen LogP contribution in [0.1, 0.15) is 29.1 Å². The highest BCUT2D eigenvalue weighted by molar-refractivity contribution is 7.09. The lowest BCUT2D eigenvalue weighted by Gasteiger charge is -2.40. The largest absolute Gasteiger partial charge is 0.490 e. The van der Waals surface area contributed by atoms with Gasteiger partial charge in [-0.15, -0.1) is 11.3 Å². The number of alkyl halides is 6. The van der Waals surface area contributed by atoms with Gasteiger partial charge in [-0.25, -0.2) is 14.6 Å². The summed E-state index contributed by atoms with van der Waals surface area (Å²) in [6.07, 6.45) is -3.94. The second-order valence-corrected chi connectivity index (χ2v) is 9.46. The standard InChI is InChI=1S/C18H25N3O2S.2C2HF3O2/c1-14-19-16(13-24-14)11-21-7-9-23-18-3-6-20(5-2-17(18)21)10-15-4-8-22-12-15;2*3-2(4,5)1(6)7/h4,8,12-13,17-18H,2-3,5-7,9-11H2,1H3;2*(H,6,7). The molecule has 2 aliphatic rings. The molecule has 4 heterocycles. The first-order valence-electron chi connectivity index (χ1n) is 11.3. The van der Waals surface area contributed by atoms with E-state index >= 15 is 0 Å². The zero-order valence-electron chi connectivity index (χ0n) is 20.2. The molecule has 2 unspecified atom stereocenters. The second kappa shape index (κ2) is 13.9. The normalized spacial score (nSPS) is 20.7. The summed E-state index contributed by atoms with van der Waals surface area (Å²) in [5, 5.41) is 17.6. The monoisotopic (exact) mass is 575 g/mol. The van der Waals surface area contributed by atoms with Gasteiger partial charge in [-0.2, -0.15) is 26.3 Å². The molecule has 0 bridgehead atoms. The minimum absolute atomic E-state index is 0.354. The Hall–Kier alpha value is -2.69. The summed E-state index contributed by atoms with van der Waals surface area (Å²) in [7, 11) is 0. The maximum atomic E-state index is 10.6. The summed E-state index contributed by atoms with van der Waals surface area (Å²) in [6, 6.07) is 2.57. The Morgan fingerprint density at radius 2 is 1.66 bits per heavy atom. The lowest BCUT2D eigenvalue weighted by Crippen LogP contribution is -2.50. The molecule has 9 nitrogen and oxygen atoms in total. The van der Waals surface area contributed by atoms with Gasteiger partial charge < -0.3 is 19.4 Å². The van der Waals surface area contributed by atoms with Crippen LogP contribution in [0.15, 0.2) is 28.4 Å². The molecule has 4 rings (SSSR count). The van der Waals surface area contributed by atoms with Gasteiger partial charge in [-0.1, -0.05) is 0 Å². The Morgan fingerprint density at radius 1 is 1.05 bits per heavy atom. The summed E-state index contributed by atoms with van der Waals surface area (Å²) >= 11 is 1.74. The van der Waals surface area contributed by atoms with E-state index in [9.17, 15) is 26.3 Å². The number of furan rings is 1. The molecule has 2 fully saturated rings. The van der Waals surface area contributed by atoms with Crippen molar-refractivity contribution in [2.45, 2.75) is 57.4 Å². The van der Waals surface area contributed by atoms with Crippen molar-refractivity contribution in [3.05, 3.63) is 40.2 Å². The Morgan fingerprint density at radius 3 is 2.16 bits per heavy atom. The van der Waals surface area contributed by atoms with Gasteiger partial charge in [0.25, 0.3) is 0 Å². The number of aliphatic carboxylic acids is 2. The number of aromatic nitrogens is 1. The van der Waals surface area contributed by atoms with Gasteiger partial charge in [-0.05, 0) is 25.8 Å². The zero-order valence-corrected chi connectivity index (χ0v) is 21.0. The smallest absolute Gasteiger partial charge is 0.475 e. The average molecular weight is 576 g/mol. The number of carbonyl (C=O) groups is 2. The van der Waals surface area contributed by atoms with Crippen LogP contribution >= 0.6 is 11.3 Å². The third-order valence-corrected chi connectivity index (χ3v) is 6.40. The van der Waals surface area contributed by atoms with Gasteiger partial charge in [0.05, 0.1) is 35.9 Å². The van der Waals surface area contributed by atoms with E-state index in [1.165, 1.54) is 11.3 Å². The number of fused-ring (bicyclic) bond motifs is 1. The van der Waals surface area contributed by atoms with E-state index in [4.69, 9.17) is 29.0 Å². The van der Waals surface area contributed by atoms with Crippen LogP contribution in [-0.4, -0.2) is 87.7 Å². The number of hydrogen-bond donors (Lipinski definition) is 2. The topological polar surface area (TPSA) is 116 Å². The molecule has 38 heavy (non-hydrogen) atoms. The molecule has 2 aromatic heterocycles. The lowest BCUT2D eigenvalue weighted by atomic mass is 10.0. The molecular formula is C22H27F6N3O6S. The van der Waals surface area contributed by atoms with Crippen LogP contribution in [-0.2, 0) is 27.4 Å². The molecule has 2 aromatic rings. The van der Waals surface area contributed by atoms with E-state index < -0.39 is 24.3 Å². The van der Waals surface area contributed by atoms with Crippen LogP contribution in [0.3, 0.4) is 0 Å². The van der Waals surface area contributed by atoms with E-state index in [0.717, 1.165) is 57.2 Å². The molecule has 0 radical (unpaired) electrons. The minimum Gasteiger partial charge on any atom is -0.475 e. The van der Waals surface area contributed by atoms with Crippen LogP contribution in [0.5, 0.6) is 0 Å². The maximum Gasteiger partial charge on any atom is 0.490 e. The molecule has 0 aromatic carbocycles. The molecule has 2 N–H and O–H groups in total. The fraction of sp³-hybridized carbons (Fsp3) is 0.591. The van der Waals surface area contributed by atoms with Crippen molar-refractivity contribution in [2.24, 2.45) is 0 Å². The maximum absolute atomic E-state index is 10.6. The van der Waals surface area contributed by atoms with E-state index in [2.05, 4.69) is 33.2 Å². The molecule has 0 aliphatic carbocycles. The van der Waals surface area contributed by atoms with Crippen molar-refractivity contribution < 1.29 is 55.3 Å². The number of likely N-dealkylation sites (tertiary alicyclic amines) is 1. The third kappa shape index (κ3) is 10.6. The van der Waals surface area contributed by atoms with E-state index in [1.54, 1.807) is 17.6 Å². The van der Waals surface area contributed by atoms with Crippen LogP contribution in [0, 0.1) is 6.92 Å². The Kier molecular flexibility index (Phi) is 11.5. The van der Waals surface area contributed by atoms with Crippen molar-refractivity contribution in [3.63, 3.8) is 0 Å². The van der Waals surface area contributed by atoms with E-state index in [1.807, 2.05) is 6.26 Å². The van der Waals surface area contributed by atoms with Gasteiger partial charge in [-0.3, -0.25) is 9.80 Å². The summed E-state index contributed by atoms with van der Waals surface area (Å²) in [4.78, 5) is 27.6. The molecule has 0 amide bonds. The van der Waals surface area contributed by atoms with Crippen molar-refractivity contribution in [3.8, 4) is 0 Å². The number of carboxylic acids is 2. The van der Waals surface area contributed by atoms with Crippen LogP contribution in [0.25, 0.3) is 0 Å². The van der Waals surface area contributed by atoms with E-state index in [0.29, 0.717) is 12.1 Å². The summed E-state index contributed by atoms with van der Waals surface area (Å²) in [5.74, 6) is -5.51. The first kappa shape index (κ1) is 31.5. The summed E-state index contributed by atoms with van der Waals surface area (Å²) in [5.41, 5.74) is 2.47. The van der Waals surface area contributed by atoms with Crippen molar-refractivity contribution in [1.82, 2.24) is 14.8 Å². The van der Waals surface area contributed by atoms with Gasteiger partial charge in [0, 0.05) is 49.7 Å². The van der Waals surface area contributed by atoms with E-state index in [-0.39, 0.29) is 0 Å². The first-order chi connectivity index (χ1) is 17.7. The van der Waals surface area contributed by atoms with Crippen molar-refractivity contribution in [1.29, 1.82) is 0 Å². The number of carboxylic acid groups (broad SMARTS) is 2. The number of nitrogens with zero attached hydrogens (tertiary/aromatic N) is 3. The van der Waals surface area contributed by atoms with Crippen LogP contribution < -0.4 is 0 Å². The zero-order chi connectivity index (χ0) is 28.5. The fourth-order valence-electron chi connectivity index (χ4n) is 3.90. The second-order valence-electron chi connectivity index (χ2n) is 8.40. The number of hydrogen-bond acceptors (Lipinski definition) is 8. The number of thiazole rings is 1. The van der Waals surface area contributed by atoms with Gasteiger partial charge in [0.15, 0.2) is 0 Å². The molecule has 16 heteroatoms. The minimum atomic E-state index is -5.08. The summed E-state index contributed by atoms with van der Waals surface area (Å²) in [6.45, 7) is 8.07. The molecular weight excluding hydrogens is 548 g/mol. The third-order valence-electron chi connectivity index (χ3n) is 5.58. The molecule has 2 aliphatic heterocycles. The predicted molar refractivity (Wildman–Crippen MR) is 121 cm³/mol. The molecule has 2 atom stereocenters. The first-order valence-corrected chi connectivity index (χ1v) is 12.1. The van der Waals surface area contributed by atoms with Crippen molar-refractivity contribution >= 4 is 23.3 Å². The van der Waals surface area contributed by atoms with Gasteiger partial charge in [0.2, 0.25) is 0 Å². The van der Waals surface area contributed by atoms with Gasteiger partial charge >= 0.3 is 24.3 Å². The SMILES string of the molecule is Cc1nc(CN2CCOC3CCN(Cc4ccoc4)CCC32)cs1.O=C(O)C(F)(F)F.O=C(O)C(F)(F)F. The number of aryl methyl sites for hydroxylation is 1. The summed E-state index contributed by atoms with van der Waals surface area (Å²) < 4.78 is 74.8. The van der Waals surface area contributed by atoms with Crippen LogP contribution in [0.4, 0.5) is 26.3 Å². The number of morpholine rings is 1. The number of ether oxygens (including phenoxy) is 1. The average Bonchev–Trinajstić information content (AvgIpc) is 3.42.